The molecule has 7 heteroatoms. The molecule has 2 rings (SSSR count). The molecule has 94 valence electrons. The Balaban J connectivity index is 1.81. The minimum absolute atomic E-state index is 0.0548. The second-order valence-corrected chi connectivity index (χ2v) is 5.17. The molecule has 0 aliphatic rings. The highest BCUT2D eigenvalue weighted by Gasteiger charge is 2.09. The molecule has 0 saturated heterocycles. The highest BCUT2D eigenvalue weighted by molar-refractivity contribution is 7.09. The Kier molecular flexibility index (Phi) is 4.06. The Morgan fingerprint density at radius 1 is 1.39 bits per heavy atom. The standard InChI is InChI=1S/C11H10N2O3S2/c14-10(7-2-4-17-5-7)12-3-1-9-13-8(6-18-9)11(15)16/h2,4-6H,1,3H2,(H,12,14)(H,15,16). The summed E-state index contributed by atoms with van der Waals surface area (Å²) < 4.78 is 0. The third-order valence-corrected chi connectivity index (χ3v) is 3.77. The van der Waals surface area contributed by atoms with E-state index in [0.717, 1.165) is 0 Å². The van der Waals surface area contributed by atoms with Crippen LogP contribution in [0.3, 0.4) is 0 Å². The highest BCUT2D eigenvalue weighted by Crippen LogP contribution is 2.10. The molecule has 0 aromatic carbocycles. The molecule has 18 heavy (non-hydrogen) atoms. The SMILES string of the molecule is O=C(NCCc1nc(C(=O)O)cs1)c1ccsc1. The van der Waals surface area contributed by atoms with Crippen molar-refractivity contribution in [3.63, 3.8) is 0 Å². The molecule has 0 atom stereocenters. The van der Waals surface area contributed by atoms with Gasteiger partial charge in [-0.3, -0.25) is 4.79 Å². The van der Waals surface area contributed by atoms with Crippen LogP contribution in [0, 0.1) is 0 Å². The van der Waals surface area contributed by atoms with E-state index in [2.05, 4.69) is 10.3 Å². The van der Waals surface area contributed by atoms with E-state index in [9.17, 15) is 9.59 Å². The molecule has 0 saturated carbocycles. The van der Waals surface area contributed by atoms with Gasteiger partial charge in [-0.25, -0.2) is 9.78 Å². The van der Waals surface area contributed by atoms with Crippen LogP contribution in [-0.4, -0.2) is 28.5 Å². The first-order chi connectivity index (χ1) is 8.66. The normalized spacial score (nSPS) is 10.2. The number of amides is 1. The summed E-state index contributed by atoms with van der Waals surface area (Å²) in [7, 11) is 0. The summed E-state index contributed by atoms with van der Waals surface area (Å²) in [5, 5.41) is 17.3. The van der Waals surface area contributed by atoms with Crippen molar-refractivity contribution in [2.24, 2.45) is 0 Å². The maximum Gasteiger partial charge on any atom is 0.355 e. The van der Waals surface area contributed by atoms with Gasteiger partial charge in [0, 0.05) is 29.3 Å². The molecule has 0 unspecified atom stereocenters. The monoisotopic (exact) mass is 282 g/mol. The number of carbonyl (C=O) groups is 2. The summed E-state index contributed by atoms with van der Waals surface area (Å²) in [5.74, 6) is -1.15. The molecule has 1 amide bonds. The fourth-order valence-corrected chi connectivity index (χ4v) is 2.71. The van der Waals surface area contributed by atoms with Crippen molar-refractivity contribution in [3.8, 4) is 0 Å². The molecule has 2 N–H and O–H groups in total. The Hall–Kier alpha value is -1.73. The number of nitrogens with one attached hydrogen (secondary N) is 1. The van der Waals surface area contributed by atoms with Crippen LogP contribution in [0.1, 0.15) is 25.9 Å². The number of nitrogens with zero attached hydrogens (tertiary/aromatic N) is 1. The van der Waals surface area contributed by atoms with Gasteiger partial charge in [-0.05, 0) is 11.4 Å². The van der Waals surface area contributed by atoms with Crippen LogP contribution in [0.2, 0.25) is 0 Å². The van der Waals surface area contributed by atoms with E-state index < -0.39 is 5.97 Å². The minimum atomic E-state index is -1.03. The van der Waals surface area contributed by atoms with Crippen molar-refractivity contribution in [3.05, 3.63) is 38.5 Å². The molecule has 0 spiro atoms. The van der Waals surface area contributed by atoms with Gasteiger partial charge in [0.1, 0.15) is 0 Å². The second-order valence-electron chi connectivity index (χ2n) is 3.45. The smallest absolute Gasteiger partial charge is 0.355 e. The molecule has 0 aliphatic carbocycles. The van der Waals surface area contributed by atoms with Gasteiger partial charge in [0.25, 0.3) is 5.91 Å². The lowest BCUT2D eigenvalue weighted by Gasteiger charge is -2.01. The third-order valence-electron chi connectivity index (χ3n) is 2.18. The van der Waals surface area contributed by atoms with Gasteiger partial charge in [-0.1, -0.05) is 0 Å². The lowest BCUT2D eigenvalue weighted by Crippen LogP contribution is -2.25. The molecule has 0 fully saturated rings. The number of aromatic carboxylic acids is 1. The van der Waals surface area contributed by atoms with Crippen LogP contribution < -0.4 is 5.32 Å². The fourth-order valence-electron chi connectivity index (χ4n) is 1.30. The van der Waals surface area contributed by atoms with Gasteiger partial charge in [-0.15, -0.1) is 11.3 Å². The first-order valence-electron chi connectivity index (χ1n) is 5.15. The molecule has 5 nitrogen and oxygen atoms in total. The molecular formula is C11H10N2O3S2. The number of hydrogen-bond acceptors (Lipinski definition) is 5. The van der Waals surface area contributed by atoms with Crippen LogP contribution >= 0.6 is 22.7 Å². The number of hydrogen-bond donors (Lipinski definition) is 2. The molecule has 2 aromatic heterocycles. The van der Waals surface area contributed by atoms with E-state index >= 15 is 0 Å². The Bertz CT molecular complexity index is 548. The van der Waals surface area contributed by atoms with E-state index in [0.29, 0.717) is 23.5 Å². The average molecular weight is 282 g/mol. The van der Waals surface area contributed by atoms with Crippen LogP contribution in [-0.2, 0) is 6.42 Å². The number of thiophene rings is 1. The van der Waals surface area contributed by atoms with E-state index in [1.165, 1.54) is 28.1 Å². The average Bonchev–Trinajstić information content (AvgIpc) is 3.00. The van der Waals surface area contributed by atoms with Crippen molar-refractivity contribution in [2.75, 3.05) is 6.54 Å². The largest absolute Gasteiger partial charge is 0.476 e. The summed E-state index contributed by atoms with van der Waals surface area (Å²) in [5.41, 5.74) is 0.699. The number of aromatic nitrogens is 1. The maximum absolute atomic E-state index is 11.6. The first-order valence-corrected chi connectivity index (χ1v) is 6.97. The number of thiazole rings is 1. The molecule has 0 radical (unpaired) electrons. The van der Waals surface area contributed by atoms with Crippen LogP contribution in [0.4, 0.5) is 0 Å². The van der Waals surface area contributed by atoms with Gasteiger partial charge < -0.3 is 10.4 Å². The van der Waals surface area contributed by atoms with Crippen molar-refractivity contribution < 1.29 is 14.7 Å². The van der Waals surface area contributed by atoms with Gasteiger partial charge in [-0.2, -0.15) is 11.3 Å². The number of carboxylic acids is 1. The number of carboxylic acid groups (broad SMARTS) is 1. The van der Waals surface area contributed by atoms with Crippen LogP contribution in [0.15, 0.2) is 22.2 Å². The van der Waals surface area contributed by atoms with E-state index in [4.69, 9.17) is 5.11 Å². The summed E-state index contributed by atoms with van der Waals surface area (Å²) in [4.78, 5) is 26.2. The van der Waals surface area contributed by atoms with Crippen LogP contribution in [0.25, 0.3) is 0 Å². The summed E-state index contributed by atoms with van der Waals surface area (Å²) in [6.45, 7) is 0.446. The molecule has 2 heterocycles. The van der Waals surface area contributed by atoms with E-state index in [1.54, 1.807) is 11.4 Å². The Labute approximate surface area is 111 Å². The topological polar surface area (TPSA) is 79.3 Å². The zero-order chi connectivity index (χ0) is 13.0. The fraction of sp³-hybridized carbons (Fsp3) is 0.182. The van der Waals surface area contributed by atoms with Gasteiger partial charge >= 0.3 is 5.97 Å². The number of rotatable bonds is 5. The quantitative estimate of drug-likeness (QED) is 0.877. The lowest BCUT2D eigenvalue weighted by atomic mass is 10.3. The summed E-state index contributed by atoms with van der Waals surface area (Å²) >= 11 is 2.75. The van der Waals surface area contributed by atoms with Gasteiger partial charge in [0.2, 0.25) is 0 Å². The Morgan fingerprint density at radius 3 is 2.83 bits per heavy atom. The van der Waals surface area contributed by atoms with Crippen molar-refractivity contribution in [2.45, 2.75) is 6.42 Å². The predicted molar refractivity (Wildman–Crippen MR) is 69.4 cm³/mol. The minimum Gasteiger partial charge on any atom is -0.476 e. The van der Waals surface area contributed by atoms with Gasteiger partial charge in [0.15, 0.2) is 5.69 Å². The van der Waals surface area contributed by atoms with Crippen molar-refractivity contribution >= 4 is 34.6 Å². The molecule has 0 bridgehead atoms. The predicted octanol–water partition coefficient (Wildman–Crippen LogP) is 1.88. The van der Waals surface area contributed by atoms with Crippen molar-refractivity contribution in [1.82, 2.24) is 10.3 Å². The molecular weight excluding hydrogens is 272 g/mol. The zero-order valence-electron chi connectivity index (χ0n) is 9.25. The maximum atomic E-state index is 11.6. The first kappa shape index (κ1) is 12.7. The van der Waals surface area contributed by atoms with E-state index in [1.807, 2.05) is 5.38 Å². The zero-order valence-corrected chi connectivity index (χ0v) is 10.9. The molecule has 0 aliphatic heterocycles. The Morgan fingerprint density at radius 2 is 2.22 bits per heavy atom. The lowest BCUT2D eigenvalue weighted by molar-refractivity contribution is 0.0690. The van der Waals surface area contributed by atoms with Gasteiger partial charge in [0.05, 0.1) is 5.01 Å². The summed E-state index contributed by atoms with van der Waals surface area (Å²) in [6, 6.07) is 1.76. The highest BCUT2D eigenvalue weighted by atomic mass is 32.1. The van der Waals surface area contributed by atoms with E-state index in [-0.39, 0.29) is 11.6 Å². The number of carbonyl (C=O) groups excluding carboxylic acids is 1. The van der Waals surface area contributed by atoms with Crippen LogP contribution in [0.5, 0.6) is 0 Å². The third kappa shape index (κ3) is 3.14. The summed E-state index contributed by atoms with van der Waals surface area (Å²) in [6.07, 6.45) is 0.536. The van der Waals surface area contributed by atoms with Crippen molar-refractivity contribution in [1.29, 1.82) is 0 Å². The molecule has 2 aromatic rings. The second kappa shape index (κ2) is 5.74.